The van der Waals surface area contributed by atoms with Crippen LogP contribution in [0.2, 0.25) is 0 Å². The van der Waals surface area contributed by atoms with Gasteiger partial charge in [0.2, 0.25) is 0 Å². The van der Waals surface area contributed by atoms with Crippen LogP contribution in [0, 0.1) is 0 Å². The van der Waals surface area contributed by atoms with E-state index in [1.165, 1.54) is 89.9 Å². The van der Waals surface area contributed by atoms with E-state index in [4.69, 9.17) is 5.11 Å². The first-order valence-corrected chi connectivity index (χ1v) is 11.7. The van der Waals surface area contributed by atoms with Crippen molar-refractivity contribution in [1.82, 2.24) is 0 Å². The van der Waals surface area contributed by atoms with Crippen molar-refractivity contribution in [3.63, 3.8) is 0 Å². The molecular weight excluding hydrogens is 336 g/mol. The van der Waals surface area contributed by atoms with Gasteiger partial charge in [0.25, 0.3) is 0 Å². The minimum Gasteiger partial charge on any atom is -0.393 e. The predicted molar refractivity (Wildman–Crippen MR) is 116 cm³/mol. The Kier molecular flexibility index (Phi) is 21.1. The Morgan fingerprint density at radius 3 is 1.56 bits per heavy atom. The second-order valence-corrected chi connectivity index (χ2v) is 7.91. The minimum absolute atomic E-state index is 0.227. The molecule has 160 valence electrons. The van der Waals surface area contributed by atoms with Gasteiger partial charge < -0.3 is 10.2 Å². The van der Waals surface area contributed by atoms with Gasteiger partial charge in [-0.3, -0.25) is 4.79 Å². The Morgan fingerprint density at radius 2 is 1.11 bits per heavy atom. The van der Waals surface area contributed by atoms with Crippen LogP contribution in [-0.4, -0.2) is 28.7 Å². The van der Waals surface area contributed by atoms with Crippen molar-refractivity contribution >= 4 is 5.78 Å². The number of unbranched alkanes of at least 4 members (excludes halogenated alkanes) is 15. The van der Waals surface area contributed by atoms with Crippen molar-refractivity contribution in [1.29, 1.82) is 0 Å². The molecule has 0 aliphatic heterocycles. The molecule has 0 saturated carbocycles. The highest BCUT2D eigenvalue weighted by Crippen LogP contribution is 2.12. The molecule has 0 rings (SSSR count). The van der Waals surface area contributed by atoms with E-state index in [1.54, 1.807) is 0 Å². The van der Waals surface area contributed by atoms with E-state index in [0.717, 1.165) is 19.3 Å². The summed E-state index contributed by atoms with van der Waals surface area (Å²) in [5.74, 6) is -0.227. The van der Waals surface area contributed by atoms with Gasteiger partial charge >= 0.3 is 0 Å². The zero-order valence-electron chi connectivity index (χ0n) is 18.0. The normalized spacial score (nSPS) is 12.7. The van der Waals surface area contributed by atoms with Crippen LogP contribution in [0.25, 0.3) is 0 Å². The van der Waals surface area contributed by atoms with E-state index in [0.29, 0.717) is 6.42 Å². The maximum absolute atomic E-state index is 11.3. The van der Waals surface area contributed by atoms with Crippen LogP contribution in [0.15, 0.2) is 12.2 Å². The number of carbonyl (C=O) groups excluding carboxylic acids is 1. The number of allylic oxidation sites excluding steroid dienone is 2. The van der Waals surface area contributed by atoms with Crippen LogP contribution < -0.4 is 0 Å². The molecule has 0 spiro atoms. The van der Waals surface area contributed by atoms with Gasteiger partial charge in [0.05, 0.1) is 6.61 Å². The molecule has 0 radical (unpaired) electrons. The second kappa shape index (κ2) is 21.6. The third-order valence-electron chi connectivity index (χ3n) is 5.23. The summed E-state index contributed by atoms with van der Waals surface area (Å²) in [6, 6.07) is 0. The molecule has 0 aromatic carbocycles. The Bertz CT molecular complexity index is 339. The lowest BCUT2D eigenvalue weighted by molar-refractivity contribution is -0.129. The van der Waals surface area contributed by atoms with Crippen molar-refractivity contribution in [3.8, 4) is 0 Å². The fourth-order valence-corrected chi connectivity index (χ4v) is 3.35. The molecule has 0 bridgehead atoms. The van der Waals surface area contributed by atoms with E-state index in [9.17, 15) is 9.90 Å². The van der Waals surface area contributed by atoms with Gasteiger partial charge in [0, 0.05) is 6.42 Å². The lowest BCUT2D eigenvalue weighted by atomic mass is 10.0. The Labute approximate surface area is 168 Å². The topological polar surface area (TPSA) is 57.5 Å². The second-order valence-electron chi connectivity index (χ2n) is 7.91. The van der Waals surface area contributed by atoms with Crippen molar-refractivity contribution in [3.05, 3.63) is 12.2 Å². The van der Waals surface area contributed by atoms with Crippen molar-refractivity contribution in [2.75, 3.05) is 6.61 Å². The summed E-state index contributed by atoms with van der Waals surface area (Å²) in [4.78, 5) is 11.3. The van der Waals surface area contributed by atoms with Crippen LogP contribution in [0.3, 0.4) is 0 Å². The van der Waals surface area contributed by atoms with E-state index < -0.39 is 12.7 Å². The maximum Gasteiger partial charge on any atom is 0.163 e. The zero-order valence-corrected chi connectivity index (χ0v) is 18.0. The maximum atomic E-state index is 11.3. The van der Waals surface area contributed by atoms with Gasteiger partial charge in [-0.15, -0.1) is 0 Å². The van der Waals surface area contributed by atoms with Crippen LogP contribution >= 0.6 is 0 Å². The Balaban J connectivity index is 3.18. The van der Waals surface area contributed by atoms with Gasteiger partial charge in [-0.05, 0) is 32.1 Å². The molecule has 2 N–H and O–H groups in total. The summed E-state index contributed by atoms with van der Waals surface area (Å²) in [5, 5.41) is 17.9. The summed E-state index contributed by atoms with van der Waals surface area (Å²) in [5.41, 5.74) is 0. The Morgan fingerprint density at radius 1 is 0.704 bits per heavy atom. The largest absolute Gasteiger partial charge is 0.393 e. The molecule has 0 aromatic heterocycles. The van der Waals surface area contributed by atoms with Crippen LogP contribution in [0.4, 0.5) is 0 Å². The SMILES string of the molecule is CCCCCCCCCCCC=CCCCCCCCCC(=O)C(O)CO. The summed E-state index contributed by atoms with van der Waals surface area (Å²) in [6.45, 7) is 1.82. The van der Waals surface area contributed by atoms with Gasteiger partial charge in [0.1, 0.15) is 6.10 Å². The van der Waals surface area contributed by atoms with E-state index in [2.05, 4.69) is 19.1 Å². The third-order valence-corrected chi connectivity index (χ3v) is 5.23. The van der Waals surface area contributed by atoms with Crippen molar-refractivity contribution in [2.45, 2.75) is 129 Å². The number of rotatable bonds is 21. The van der Waals surface area contributed by atoms with Gasteiger partial charge in [-0.2, -0.15) is 0 Å². The Hall–Kier alpha value is -0.670. The molecule has 3 nitrogen and oxygen atoms in total. The van der Waals surface area contributed by atoms with Crippen LogP contribution in [-0.2, 0) is 4.79 Å². The molecule has 0 saturated heterocycles. The summed E-state index contributed by atoms with van der Waals surface area (Å²) >= 11 is 0. The van der Waals surface area contributed by atoms with E-state index in [-0.39, 0.29) is 5.78 Å². The molecule has 3 heteroatoms. The number of hydrogen-bond acceptors (Lipinski definition) is 3. The molecule has 0 aliphatic rings. The molecule has 1 atom stereocenters. The highest BCUT2D eigenvalue weighted by molar-refractivity contribution is 5.82. The molecular formula is C24H46O3. The monoisotopic (exact) mass is 382 g/mol. The molecule has 0 aromatic rings. The smallest absolute Gasteiger partial charge is 0.163 e. The van der Waals surface area contributed by atoms with Gasteiger partial charge in [0.15, 0.2) is 5.78 Å². The number of aliphatic hydroxyl groups excluding tert-OH is 2. The van der Waals surface area contributed by atoms with Crippen molar-refractivity contribution in [2.24, 2.45) is 0 Å². The number of aliphatic hydroxyl groups is 2. The van der Waals surface area contributed by atoms with E-state index in [1.807, 2.05) is 0 Å². The first-order valence-electron chi connectivity index (χ1n) is 11.7. The van der Waals surface area contributed by atoms with E-state index >= 15 is 0 Å². The quantitative estimate of drug-likeness (QED) is 0.176. The molecule has 0 aliphatic carbocycles. The highest BCUT2D eigenvalue weighted by Gasteiger charge is 2.12. The number of ketones is 1. The summed E-state index contributed by atoms with van der Waals surface area (Å²) in [7, 11) is 0. The average molecular weight is 383 g/mol. The molecule has 0 heterocycles. The standard InChI is InChI=1S/C24H46O3/c1-2-3-4-5-6-7-8-9-10-11-12-13-14-15-16-17-18-19-20-21-23(26)24(27)22-25/h12-13,24-25,27H,2-11,14-22H2,1H3. The number of carbonyl (C=O) groups is 1. The lowest BCUT2D eigenvalue weighted by Crippen LogP contribution is -2.23. The first kappa shape index (κ1) is 26.3. The highest BCUT2D eigenvalue weighted by atomic mass is 16.3. The first-order chi connectivity index (χ1) is 13.2. The number of Topliss-reactive ketones (excluding diaryl/α,β-unsaturated/α-hetero) is 1. The molecule has 1 unspecified atom stereocenters. The average Bonchev–Trinajstić information content (AvgIpc) is 2.68. The summed E-state index contributed by atoms with van der Waals surface area (Å²) < 4.78 is 0. The zero-order chi connectivity index (χ0) is 20.0. The lowest BCUT2D eigenvalue weighted by Gasteiger charge is -2.05. The molecule has 0 fully saturated rings. The molecule has 0 amide bonds. The third kappa shape index (κ3) is 19.9. The minimum atomic E-state index is -1.17. The predicted octanol–water partition coefficient (Wildman–Crippen LogP) is 6.51. The van der Waals surface area contributed by atoms with Crippen LogP contribution in [0.1, 0.15) is 122 Å². The fourth-order valence-electron chi connectivity index (χ4n) is 3.35. The fraction of sp³-hybridized carbons (Fsp3) is 0.875. The van der Waals surface area contributed by atoms with Gasteiger partial charge in [-0.25, -0.2) is 0 Å². The van der Waals surface area contributed by atoms with Crippen molar-refractivity contribution < 1.29 is 15.0 Å². The van der Waals surface area contributed by atoms with Crippen LogP contribution in [0.5, 0.6) is 0 Å². The summed E-state index contributed by atoms with van der Waals surface area (Å²) in [6.07, 6.45) is 25.7. The molecule has 27 heavy (non-hydrogen) atoms. The number of hydrogen-bond donors (Lipinski definition) is 2. The van der Waals surface area contributed by atoms with Gasteiger partial charge in [-0.1, -0.05) is 96.1 Å².